The summed E-state index contributed by atoms with van der Waals surface area (Å²) in [6.07, 6.45) is -3.15. The maximum atomic E-state index is 13.7. The van der Waals surface area contributed by atoms with Crippen LogP contribution in [0.25, 0.3) is 11.3 Å². The second-order valence-electron chi connectivity index (χ2n) is 8.51. The zero-order valence-corrected chi connectivity index (χ0v) is 19.9. The summed E-state index contributed by atoms with van der Waals surface area (Å²) in [5.41, 5.74) is -0.0624. The van der Waals surface area contributed by atoms with E-state index in [4.69, 9.17) is 11.6 Å². The van der Waals surface area contributed by atoms with Gasteiger partial charge in [0.15, 0.2) is 0 Å². The van der Waals surface area contributed by atoms with Crippen LogP contribution in [-0.4, -0.2) is 52.9 Å². The number of carbonyl (C=O) groups excluding carboxylic acids is 2. The molecule has 0 aliphatic carbocycles. The van der Waals surface area contributed by atoms with E-state index >= 15 is 0 Å². The number of hydrogen-bond acceptors (Lipinski definition) is 7. The number of halogens is 5. The number of hydrogen-bond donors (Lipinski definition) is 0. The molecule has 2 aliphatic rings. The van der Waals surface area contributed by atoms with Crippen molar-refractivity contribution in [3.63, 3.8) is 0 Å². The third-order valence-electron chi connectivity index (χ3n) is 6.16. The summed E-state index contributed by atoms with van der Waals surface area (Å²) < 4.78 is 54.2. The zero-order chi connectivity index (χ0) is 26.3. The maximum absolute atomic E-state index is 13.7. The Morgan fingerprint density at radius 3 is 2.22 bits per heavy atom. The Bertz CT molecular complexity index is 1360. The predicted molar refractivity (Wildman–Crippen MR) is 128 cm³/mol. The Kier molecular flexibility index (Phi) is 6.44. The van der Waals surface area contributed by atoms with Gasteiger partial charge in [0, 0.05) is 56.8 Å². The van der Waals surface area contributed by atoms with Crippen molar-refractivity contribution in [3.8, 4) is 11.3 Å². The van der Waals surface area contributed by atoms with Crippen molar-refractivity contribution in [2.75, 3.05) is 40.9 Å². The highest BCUT2D eigenvalue weighted by atomic mass is 35.5. The molecule has 2 fully saturated rings. The van der Waals surface area contributed by atoms with Crippen molar-refractivity contribution in [2.45, 2.75) is 19.0 Å². The van der Waals surface area contributed by atoms with E-state index in [1.807, 2.05) is 4.90 Å². The van der Waals surface area contributed by atoms with Crippen molar-refractivity contribution in [1.82, 2.24) is 15.0 Å². The van der Waals surface area contributed by atoms with Crippen molar-refractivity contribution in [1.29, 1.82) is 0 Å². The molecule has 0 atom stereocenters. The standard InChI is InChI=1S/C24H19ClF4N6O2/c25-16-12-14(3-4-17(16)26)18-13-19(32-23(31-18)35-20(36)5-6-21(35)37)33-8-10-34(11-9-33)22-15(24(27,28)29)2-1-7-30-22/h1-4,7,12-13H,5-6,8-11H2. The SMILES string of the molecule is O=C1CCC(=O)N1c1nc(-c2ccc(F)c(Cl)c2)cc(N2CCN(c3ncccc3C(F)(F)F)CC2)n1. The first-order valence-corrected chi connectivity index (χ1v) is 11.7. The lowest BCUT2D eigenvalue weighted by Gasteiger charge is -2.37. The van der Waals surface area contributed by atoms with Crippen LogP contribution >= 0.6 is 11.6 Å². The molecule has 2 aromatic heterocycles. The van der Waals surface area contributed by atoms with Crippen molar-refractivity contribution in [3.05, 3.63) is 59.0 Å². The summed E-state index contributed by atoms with van der Waals surface area (Å²) in [4.78, 5) is 41.8. The normalized spacial score (nSPS) is 16.6. The van der Waals surface area contributed by atoms with Crippen LogP contribution in [0.1, 0.15) is 18.4 Å². The predicted octanol–water partition coefficient (Wildman–Crippen LogP) is 4.33. The van der Waals surface area contributed by atoms with Crippen molar-refractivity contribution >= 4 is 41.0 Å². The van der Waals surface area contributed by atoms with E-state index in [2.05, 4.69) is 15.0 Å². The smallest absolute Gasteiger partial charge is 0.353 e. The van der Waals surface area contributed by atoms with E-state index in [0.29, 0.717) is 17.1 Å². The molecule has 2 amide bonds. The van der Waals surface area contributed by atoms with Gasteiger partial charge in [-0.05, 0) is 30.3 Å². The summed E-state index contributed by atoms with van der Waals surface area (Å²) in [6.45, 7) is 1.02. The number of anilines is 3. The van der Waals surface area contributed by atoms with Gasteiger partial charge in [0.1, 0.15) is 17.5 Å². The minimum absolute atomic E-state index is 0.0361. The number of rotatable bonds is 4. The van der Waals surface area contributed by atoms with Gasteiger partial charge in [0.05, 0.1) is 16.3 Å². The zero-order valence-electron chi connectivity index (χ0n) is 19.2. The molecule has 2 aliphatic heterocycles. The lowest BCUT2D eigenvalue weighted by atomic mass is 10.1. The first kappa shape index (κ1) is 24.9. The van der Waals surface area contributed by atoms with Crippen LogP contribution in [-0.2, 0) is 15.8 Å². The van der Waals surface area contributed by atoms with E-state index < -0.39 is 29.4 Å². The average Bonchev–Trinajstić information content (AvgIpc) is 3.22. The van der Waals surface area contributed by atoms with Gasteiger partial charge in [-0.1, -0.05) is 11.6 Å². The number of amides is 2. The Hall–Kier alpha value is -3.80. The molecule has 3 aromatic rings. The van der Waals surface area contributed by atoms with Crippen LogP contribution in [0.3, 0.4) is 0 Å². The number of nitrogens with zero attached hydrogens (tertiary/aromatic N) is 6. The third kappa shape index (κ3) is 4.93. The molecule has 192 valence electrons. The Morgan fingerprint density at radius 2 is 1.57 bits per heavy atom. The van der Waals surface area contributed by atoms with Crippen LogP contribution in [0.15, 0.2) is 42.6 Å². The highest BCUT2D eigenvalue weighted by Gasteiger charge is 2.37. The van der Waals surface area contributed by atoms with Gasteiger partial charge in [0.25, 0.3) is 0 Å². The van der Waals surface area contributed by atoms with Gasteiger partial charge in [0.2, 0.25) is 17.8 Å². The summed E-state index contributed by atoms with van der Waals surface area (Å²) >= 11 is 5.95. The first-order chi connectivity index (χ1) is 17.6. The molecule has 0 bridgehead atoms. The minimum atomic E-state index is -4.54. The molecular formula is C24H19ClF4N6O2. The third-order valence-corrected chi connectivity index (χ3v) is 6.45. The Morgan fingerprint density at radius 1 is 0.892 bits per heavy atom. The van der Waals surface area contributed by atoms with Gasteiger partial charge in [-0.2, -0.15) is 18.2 Å². The molecule has 5 rings (SSSR count). The molecule has 8 nitrogen and oxygen atoms in total. The number of benzene rings is 1. The van der Waals surface area contributed by atoms with Crippen LogP contribution in [0.4, 0.5) is 35.1 Å². The quantitative estimate of drug-likeness (QED) is 0.364. The van der Waals surface area contributed by atoms with Gasteiger partial charge in [-0.25, -0.2) is 19.3 Å². The monoisotopic (exact) mass is 534 g/mol. The fourth-order valence-electron chi connectivity index (χ4n) is 4.30. The molecule has 0 N–H and O–H groups in total. The van der Waals surface area contributed by atoms with Gasteiger partial charge in [-0.15, -0.1) is 0 Å². The second kappa shape index (κ2) is 9.58. The lowest BCUT2D eigenvalue weighted by Crippen LogP contribution is -2.47. The molecule has 0 unspecified atom stereocenters. The minimum Gasteiger partial charge on any atom is -0.353 e. The van der Waals surface area contributed by atoms with Crippen LogP contribution in [0.2, 0.25) is 5.02 Å². The number of carbonyl (C=O) groups is 2. The second-order valence-corrected chi connectivity index (χ2v) is 8.92. The lowest BCUT2D eigenvalue weighted by molar-refractivity contribution is -0.137. The highest BCUT2D eigenvalue weighted by molar-refractivity contribution is 6.31. The fourth-order valence-corrected chi connectivity index (χ4v) is 4.49. The Labute approximate surface area is 213 Å². The molecule has 1 aromatic carbocycles. The largest absolute Gasteiger partial charge is 0.419 e. The van der Waals surface area contributed by atoms with Crippen LogP contribution in [0, 0.1) is 5.82 Å². The van der Waals surface area contributed by atoms with E-state index in [1.54, 1.807) is 11.0 Å². The summed E-state index contributed by atoms with van der Waals surface area (Å²) in [6, 6.07) is 7.86. The summed E-state index contributed by atoms with van der Waals surface area (Å²) in [5, 5.41) is -0.128. The van der Waals surface area contributed by atoms with Crippen LogP contribution < -0.4 is 14.7 Å². The van der Waals surface area contributed by atoms with E-state index in [-0.39, 0.29) is 55.8 Å². The molecule has 13 heteroatoms. The molecule has 2 saturated heterocycles. The maximum Gasteiger partial charge on any atom is 0.419 e. The van der Waals surface area contributed by atoms with Gasteiger partial charge < -0.3 is 9.80 Å². The summed E-state index contributed by atoms with van der Waals surface area (Å²) in [7, 11) is 0. The molecule has 0 spiro atoms. The molecular weight excluding hydrogens is 516 g/mol. The first-order valence-electron chi connectivity index (χ1n) is 11.3. The topological polar surface area (TPSA) is 82.5 Å². The highest BCUT2D eigenvalue weighted by Crippen LogP contribution is 2.36. The number of piperazine rings is 1. The van der Waals surface area contributed by atoms with Crippen LogP contribution in [0.5, 0.6) is 0 Å². The Balaban J connectivity index is 1.47. The number of alkyl halides is 3. The molecule has 0 radical (unpaired) electrons. The van der Waals surface area contributed by atoms with E-state index in [9.17, 15) is 27.2 Å². The number of pyridine rings is 1. The molecule has 37 heavy (non-hydrogen) atoms. The fraction of sp³-hybridized carbons (Fsp3) is 0.292. The van der Waals surface area contributed by atoms with Crippen molar-refractivity contribution < 1.29 is 27.2 Å². The number of imide groups is 1. The summed E-state index contributed by atoms with van der Waals surface area (Å²) in [5.74, 6) is -1.40. The van der Waals surface area contributed by atoms with Gasteiger partial charge >= 0.3 is 6.18 Å². The average molecular weight is 535 g/mol. The number of aromatic nitrogens is 3. The van der Waals surface area contributed by atoms with E-state index in [1.165, 1.54) is 30.5 Å². The van der Waals surface area contributed by atoms with Crippen molar-refractivity contribution in [2.24, 2.45) is 0 Å². The van der Waals surface area contributed by atoms with E-state index in [0.717, 1.165) is 11.0 Å². The molecule has 0 saturated carbocycles. The molecule has 4 heterocycles. The van der Waals surface area contributed by atoms with Gasteiger partial charge in [-0.3, -0.25) is 9.59 Å².